The molecule has 0 aromatic heterocycles. The molecule has 1 aliphatic rings. The van der Waals surface area contributed by atoms with E-state index in [4.69, 9.17) is 0 Å². The van der Waals surface area contributed by atoms with Crippen LogP contribution < -0.4 is 10.6 Å². The van der Waals surface area contributed by atoms with Crippen LogP contribution in [-0.2, 0) is 4.79 Å². The molecule has 0 aliphatic carbocycles. The van der Waals surface area contributed by atoms with Crippen LogP contribution in [0.2, 0.25) is 0 Å². The predicted octanol–water partition coefficient (Wildman–Crippen LogP) is 0.833. The van der Waals surface area contributed by atoms with Crippen LogP contribution >= 0.6 is 0 Å². The van der Waals surface area contributed by atoms with Gasteiger partial charge in [-0.2, -0.15) is 0 Å². The van der Waals surface area contributed by atoms with E-state index in [1.54, 1.807) is 0 Å². The Hall–Kier alpha value is -0.610. The maximum absolute atomic E-state index is 11.9. The molecule has 4 nitrogen and oxygen atoms in total. The third kappa shape index (κ3) is 4.64. The van der Waals surface area contributed by atoms with Crippen molar-refractivity contribution in [1.82, 2.24) is 15.5 Å². The summed E-state index contributed by atoms with van der Waals surface area (Å²) >= 11 is 0. The summed E-state index contributed by atoms with van der Waals surface area (Å²) in [6.45, 7) is 11.3. The lowest BCUT2D eigenvalue weighted by Gasteiger charge is -2.21. The first-order valence-corrected chi connectivity index (χ1v) is 6.92. The summed E-state index contributed by atoms with van der Waals surface area (Å²) in [7, 11) is 0. The lowest BCUT2D eigenvalue weighted by atomic mass is 10.0. The fourth-order valence-electron chi connectivity index (χ4n) is 2.38. The van der Waals surface area contributed by atoms with Gasteiger partial charge in [0, 0.05) is 13.1 Å². The first-order chi connectivity index (χ1) is 8.19. The number of carbonyl (C=O) groups is 1. The summed E-state index contributed by atoms with van der Waals surface area (Å²) in [5.74, 6) is 0.635. The quantitative estimate of drug-likeness (QED) is 0.694. The third-order valence-electron chi connectivity index (χ3n) is 3.53. The molecule has 0 spiro atoms. The van der Waals surface area contributed by atoms with Crippen LogP contribution in [0.15, 0.2) is 0 Å². The Morgan fingerprint density at radius 2 is 2.18 bits per heavy atom. The lowest BCUT2D eigenvalue weighted by molar-refractivity contribution is -0.123. The molecule has 100 valence electrons. The van der Waals surface area contributed by atoms with Crippen LogP contribution in [-0.4, -0.2) is 49.6 Å². The highest BCUT2D eigenvalue weighted by Crippen LogP contribution is 2.13. The topological polar surface area (TPSA) is 44.4 Å². The molecule has 1 heterocycles. The molecule has 1 amide bonds. The molecule has 2 unspecified atom stereocenters. The van der Waals surface area contributed by atoms with Crippen molar-refractivity contribution >= 4 is 5.91 Å². The zero-order valence-corrected chi connectivity index (χ0v) is 11.5. The maximum atomic E-state index is 11.9. The highest BCUT2D eigenvalue weighted by Gasteiger charge is 2.28. The number of hydrogen-bond donors (Lipinski definition) is 2. The Balaban J connectivity index is 2.19. The zero-order valence-electron chi connectivity index (χ0n) is 11.5. The minimum Gasteiger partial charge on any atom is -0.353 e. The minimum atomic E-state index is 0.0243. The van der Waals surface area contributed by atoms with Gasteiger partial charge in [0.2, 0.25) is 5.91 Å². The fourth-order valence-corrected chi connectivity index (χ4v) is 2.38. The molecule has 1 aliphatic heterocycles. The van der Waals surface area contributed by atoms with Gasteiger partial charge in [-0.05, 0) is 38.4 Å². The molecule has 0 saturated carbocycles. The molecule has 2 N–H and O–H groups in total. The van der Waals surface area contributed by atoms with Crippen molar-refractivity contribution in [2.24, 2.45) is 5.92 Å². The summed E-state index contributed by atoms with van der Waals surface area (Å²) in [5.41, 5.74) is 0. The zero-order chi connectivity index (χ0) is 12.7. The molecule has 2 atom stereocenters. The highest BCUT2D eigenvalue weighted by molar-refractivity contribution is 5.82. The molecule has 17 heavy (non-hydrogen) atoms. The van der Waals surface area contributed by atoms with E-state index in [0.29, 0.717) is 5.92 Å². The summed E-state index contributed by atoms with van der Waals surface area (Å²) in [4.78, 5) is 14.3. The smallest absolute Gasteiger partial charge is 0.237 e. The summed E-state index contributed by atoms with van der Waals surface area (Å²) in [6, 6.07) is 0.0243. The van der Waals surface area contributed by atoms with Crippen molar-refractivity contribution in [3.63, 3.8) is 0 Å². The Labute approximate surface area is 105 Å². The van der Waals surface area contributed by atoms with Gasteiger partial charge in [-0.25, -0.2) is 0 Å². The van der Waals surface area contributed by atoms with Gasteiger partial charge in [0.15, 0.2) is 0 Å². The Bertz CT molecular complexity index is 233. The first kappa shape index (κ1) is 14.5. The largest absolute Gasteiger partial charge is 0.353 e. The van der Waals surface area contributed by atoms with E-state index in [1.165, 1.54) is 6.42 Å². The Morgan fingerprint density at radius 3 is 2.71 bits per heavy atom. The molecule has 1 fully saturated rings. The van der Waals surface area contributed by atoms with Gasteiger partial charge in [-0.1, -0.05) is 20.8 Å². The second-order valence-electron chi connectivity index (χ2n) is 4.92. The number of nitrogens with zero attached hydrogens (tertiary/aromatic N) is 1. The standard InChI is InChI=1S/C13H27N3O/c1-4-9-16(5-2)10-8-15-13(17)12-11(3)6-7-14-12/h11-12,14H,4-10H2,1-3H3,(H,15,17). The average molecular weight is 241 g/mol. The van der Waals surface area contributed by atoms with Crippen LogP contribution in [0.3, 0.4) is 0 Å². The van der Waals surface area contributed by atoms with Crippen LogP contribution in [0, 0.1) is 5.92 Å². The predicted molar refractivity (Wildman–Crippen MR) is 71.0 cm³/mol. The minimum absolute atomic E-state index is 0.0243. The second kappa shape index (κ2) is 7.67. The number of likely N-dealkylation sites (N-methyl/N-ethyl adjacent to an activating group) is 1. The summed E-state index contributed by atoms with van der Waals surface area (Å²) in [6.07, 6.45) is 2.28. The SMILES string of the molecule is CCCN(CC)CCNC(=O)C1NCCC1C. The van der Waals surface area contributed by atoms with Crippen molar-refractivity contribution in [2.75, 3.05) is 32.7 Å². The number of amides is 1. The molecule has 1 rings (SSSR count). The maximum Gasteiger partial charge on any atom is 0.237 e. The Kier molecular flexibility index (Phi) is 6.52. The van der Waals surface area contributed by atoms with E-state index in [1.807, 2.05) is 0 Å². The fraction of sp³-hybridized carbons (Fsp3) is 0.923. The molecule has 0 bridgehead atoms. The summed E-state index contributed by atoms with van der Waals surface area (Å²) < 4.78 is 0. The molecule has 0 aromatic carbocycles. The van der Waals surface area contributed by atoms with Crippen LogP contribution in [0.1, 0.15) is 33.6 Å². The molecule has 1 saturated heterocycles. The number of hydrogen-bond acceptors (Lipinski definition) is 3. The number of rotatable bonds is 7. The first-order valence-electron chi connectivity index (χ1n) is 6.92. The van der Waals surface area contributed by atoms with E-state index in [9.17, 15) is 4.79 Å². The van der Waals surface area contributed by atoms with Crippen LogP contribution in [0.25, 0.3) is 0 Å². The van der Waals surface area contributed by atoms with Gasteiger partial charge in [0.05, 0.1) is 6.04 Å². The van der Waals surface area contributed by atoms with E-state index in [0.717, 1.165) is 39.1 Å². The van der Waals surface area contributed by atoms with Crippen LogP contribution in [0.5, 0.6) is 0 Å². The third-order valence-corrected chi connectivity index (χ3v) is 3.53. The highest BCUT2D eigenvalue weighted by atomic mass is 16.2. The molecule has 0 radical (unpaired) electrons. The van der Waals surface area contributed by atoms with E-state index >= 15 is 0 Å². The average Bonchev–Trinajstić information content (AvgIpc) is 2.74. The van der Waals surface area contributed by atoms with E-state index < -0.39 is 0 Å². The van der Waals surface area contributed by atoms with E-state index in [-0.39, 0.29) is 11.9 Å². The van der Waals surface area contributed by atoms with Gasteiger partial charge < -0.3 is 15.5 Å². The normalized spacial score (nSPS) is 24.2. The van der Waals surface area contributed by atoms with Crippen molar-refractivity contribution < 1.29 is 4.79 Å². The monoisotopic (exact) mass is 241 g/mol. The van der Waals surface area contributed by atoms with Gasteiger partial charge >= 0.3 is 0 Å². The number of carbonyl (C=O) groups excluding carboxylic acids is 1. The molecule has 0 aromatic rings. The molecular formula is C13H27N3O. The van der Waals surface area contributed by atoms with Crippen LogP contribution in [0.4, 0.5) is 0 Å². The number of nitrogens with one attached hydrogen (secondary N) is 2. The van der Waals surface area contributed by atoms with Gasteiger partial charge in [-0.15, -0.1) is 0 Å². The second-order valence-corrected chi connectivity index (χ2v) is 4.92. The van der Waals surface area contributed by atoms with Crippen molar-refractivity contribution in [3.05, 3.63) is 0 Å². The van der Waals surface area contributed by atoms with E-state index in [2.05, 4.69) is 36.3 Å². The molecule has 4 heteroatoms. The molecular weight excluding hydrogens is 214 g/mol. The van der Waals surface area contributed by atoms with Crippen molar-refractivity contribution in [2.45, 2.75) is 39.7 Å². The van der Waals surface area contributed by atoms with Gasteiger partial charge in [-0.3, -0.25) is 4.79 Å². The van der Waals surface area contributed by atoms with Gasteiger partial charge in [0.25, 0.3) is 0 Å². The lowest BCUT2D eigenvalue weighted by Crippen LogP contribution is -2.45. The Morgan fingerprint density at radius 1 is 1.41 bits per heavy atom. The summed E-state index contributed by atoms with van der Waals surface area (Å²) in [5, 5.41) is 6.29. The van der Waals surface area contributed by atoms with Crippen molar-refractivity contribution in [1.29, 1.82) is 0 Å². The van der Waals surface area contributed by atoms with Crippen molar-refractivity contribution in [3.8, 4) is 0 Å². The van der Waals surface area contributed by atoms with Gasteiger partial charge in [0.1, 0.15) is 0 Å².